The Balaban J connectivity index is 2.07. The van der Waals surface area contributed by atoms with Crippen molar-refractivity contribution >= 4 is 27.7 Å². The first-order valence-electron chi connectivity index (χ1n) is 9.60. The van der Waals surface area contributed by atoms with Gasteiger partial charge in [0.1, 0.15) is 0 Å². The van der Waals surface area contributed by atoms with E-state index in [0.717, 1.165) is 23.0 Å². The van der Waals surface area contributed by atoms with Crippen molar-refractivity contribution in [3.63, 3.8) is 0 Å². The van der Waals surface area contributed by atoms with Crippen molar-refractivity contribution < 1.29 is 4.79 Å². The van der Waals surface area contributed by atoms with E-state index in [0.29, 0.717) is 22.5 Å². The van der Waals surface area contributed by atoms with Gasteiger partial charge < -0.3 is 14.8 Å². The maximum Gasteiger partial charge on any atom is 0.259 e. The van der Waals surface area contributed by atoms with Crippen LogP contribution in [-0.2, 0) is 7.05 Å². The van der Waals surface area contributed by atoms with Crippen molar-refractivity contribution in [3.8, 4) is 0 Å². The lowest BCUT2D eigenvalue weighted by Crippen LogP contribution is -2.43. The van der Waals surface area contributed by atoms with E-state index in [9.17, 15) is 9.59 Å². The Kier molecular flexibility index (Phi) is 5.52. The number of rotatable bonds is 5. The van der Waals surface area contributed by atoms with Crippen LogP contribution >= 0.6 is 0 Å². The zero-order valence-electron chi connectivity index (χ0n) is 17.4. The fourth-order valence-electron chi connectivity index (χ4n) is 3.37. The topological polar surface area (TPSA) is 67.2 Å². The van der Waals surface area contributed by atoms with Gasteiger partial charge in [-0.2, -0.15) is 0 Å². The normalized spacial score (nSPS) is 12.9. The summed E-state index contributed by atoms with van der Waals surface area (Å²) in [4.78, 5) is 32.6. The van der Waals surface area contributed by atoms with Gasteiger partial charge in [-0.15, -0.1) is 0 Å². The molecule has 1 amide bonds. The summed E-state index contributed by atoms with van der Waals surface area (Å²) in [5.74, 6) is -0.217. The number of para-hydroxylation sites is 1. The molecule has 3 rings (SSSR count). The van der Waals surface area contributed by atoms with Crippen molar-refractivity contribution in [1.82, 2.24) is 19.8 Å². The molecule has 0 saturated heterocycles. The summed E-state index contributed by atoms with van der Waals surface area (Å²) in [6.07, 6.45) is 1.58. The molecule has 6 nitrogen and oxygen atoms in total. The van der Waals surface area contributed by atoms with Crippen LogP contribution in [0, 0.1) is 6.92 Å². The Morgan fingerprint density at radius 2 is 1.96 bits per heavy atom. The van der Waals surface area contributed by atoms with Crippen molar-refractivity contribution in [2.75, 3.05) is 13.6 Å². The van der Waals surface area contributed by atoms with E-state index in [1.807, 2.05) is 45.2 Å². The number of fused-ring (bicyclic) bond motifs is 2. The molecule has 1 atom stereocenters. The number of carbonyl (C=O) groups excluding carboxylic acids is 1. The van der Waals surface area contributed by atoms with Crippen molar-refractivity contribution in [1.29, 1.82) is 0 Å². The zero-order valence-corrected chi connectivity index (χ0v) is 17.4. The molecule has 2 aromatic heterocycles. The number of likely N-dealkylation sites (N-methyl/N-ethyl adjacent to an activating group) is 1. The largest absolute Gasteiger partial charge is 0.348 e. The smallest absolute Gasteiger partial charge is 0.259 e. The summed E-state index contributed by atoms with van der Waals surface area (Å²) in [6.45, 7) is 8.93. The number of aromatic nitrogens is 2. The summed E-state index contributed by atoms with van der Waals surface area (Å²) in [6, 6.07) is 8.05. The lowest BCUT2D eigenvalue weighted by molar-refractivity contribution is 0.0929. The highest BCUT2D eigenvalue weighted by atomic mass is 16.2. The number of nitrogens with one attached hydrogen (secondary N) is 1. The molecule has 1 unspecified atom stereocenters. The molecule has 0 radical (unpaired) electrons. The first kappa shape index (κ1) is 20.0. The number of nitrogens with zero attached hydrogens (tertiary/aromatic N) is 3. The number of carbonyl (C=O) groups is 1. The third-order valence-electron chi connectivity index (χ3n) is 5.24. The highest BCUT2D eigenvalue weighted by Crippen LogP contribution is 2.22. The van der Waals surface area contributed by atoms with Crippen LogP contribution in [-0.4, -0.2) is 46.0 Å². The third-order valence-corrected chi connectivity index (χ3v) is 5.24. The standard InChI is InChI=1S/C22H28N4O2/c1-13(2)25(5)11-15(4)23-21(27)18-12-26(6)22(28)17-10-16-9-7-8-14(3)19(16)24-20(17)18/h7-10,12-13,15H,11H2,1-6H3,(H,23,27). The second-order valence-electron chi connectivity index (χ2n) is 7.90. The maximum absolute atomic E-state index is 13.0. The molecule has 6 heteroatoms. The van der Waals surface area contributed by atoms with Crippen molar-refractivity contribution in [2.24, 2.45) is 7.05 Å². The van der Waals surface area contributed by atoms with Gasteiger partial charge in [0.15, 0.2) is 0 Å². The molecule has 0 bridgehead atoms. The lowest BCUT2D eigenvalue weighted by Gasteiger charge is -2.25. The highest BCUT2D eigenvalue weighted by molar-refractivity contribution is 6.07. The van der Waals surface area contributed by atoms with E-state index in [1.54, 1.807) is 13.2 Å². The van der Waals surface area contributed by atoms with Gasteiger partial charge in [-0.1, -0.05) is 18.2 Å². The van der Waals surface area contributed by atoms with Gasteiger partial charge in [0, 0.05) is 37.3 Å². The predicted molar refractivity (Wildman–Crippen MR) is 114 cm³/mol. The number of aryl methyl sites for hydroxylation is 2. The lowest BCUT2D eigenvalue weighted by atomic mass is 10.1. The molecule has 0 aliphatic rings. The van der Waals surface area contributed by atoms with E-state index in [-0.39, 0.29) is 17.5 Å². The second kappa shape index (κ2) is 7.72. The van der Waals surface area contributed by atoms with Crippen LogP contribution in [0.3, 0.4) is 0 Å². The van der Waals surface area contributed by atoms with Crippen LogP contribution in [0.25, 0.3) is 21.8 Å². The Morgan fingerprint density at radius 3 is 2.64 bits per heavy atom. The van der Waals surface area contributed by atoms with Crippen LogP contribution in [0.5, 0.6) is 0 Å². The number of benzene rings is 1. The highest BCUT2D eigenvalue weighted by Gasteiger charge is 2.19. The van der Waals surface area contributed by atoms with Crippen LogP contribution in [0.15, 0.2) is 35.3 Å². The molecule has 0 aliphatic heterocycles. The summed E-state index contributed by atoms with van der Waals surface area (Å²) in [5, 5.41) is 4.40. The Bertz CT molecular complexity index is 1100. The van der Waals surface area contributed by atoms with Gasteiger partial charge in [0.25, 0.3) is 11.5 Å². The summed E-state index contributed by atoms with van der Waals surface area (Å²) in [5.41, 5.74) is 2.53. The maximum atomic E-state index is 13.0. The molecule has 0 saturated carbocycles. The minimum absolute atomic E-state index is 0.0330. The number of amides is 1. The van der Waals surface area contributed by atoms with Crippen molar-refractivity contribution in [2.45, 2.75) is 39.8 Å². The van der Waals surface area contributed by atoms with Gasteiger partial charge in [0.2, 0.25) is 0 Å². The molecule has 0 aliphatic carbocycles. The van der Waals surface area contributed by atoms with E-state index >= 15 is 0 Å². The van der Waals surface area contributed by atoms with Crippen LogP contribution < -0.4 is 10.9 Å². The predicted octanol–water partition coefficient (Wildman–Crippen LogP) is 2.85. The Hall–Kier alpha value is -2.73. The average Bonchev–Trinajstić information content (AvgIpc) is 2.63. The van der Waals surface area contributed by atoms with E-state index in [2.05, 4.69) is 24.1 Å². The monoisotopic (exact) mass is 380 g/mol. The molecular formula is C22H28N4O2. The van der Waals surface area contributed by atoms with E-state index < -0.39 is 0 Å². The molecule has 0 spiro atoms. The fraction of sp³-hybridized carbons (Fsp3) is 0.409. The third kappa shape index (κ3) is 3.78. The first-order chi connectivity index (χ1) is 13.2. The SMILES string of the molecule is Cc1cccc2cc3c(=O)n(C)cc(C(=O)NC(C)CN(C)C(C)C)c3nc12. The van der Waals surface area contributed by atoms with Crippen LogP contribution in [0.2, 0.25) is 0 Å². The molecule has 0 fully saturated rings. The van der Waals surface area contributed by atoms with Crippen LogP contribution in [0.1, 0.15) is 36.7 Å². The molecule has 1 aromatic carbocycles. The number of hydrogen-bond acceptors (Lipinski definition) is 4. The van der Waals surface area contributed by atoms with Gasteiger partial charge >= 0.3 is 0 Å². The minimum Gasteiger partial charge on any atom is -0.348 e. The average molecular weight is 380 g/mol. The van der Waals surface area contributed by atoms with Gasteiger partial charge in [-0.25, -0.2) is 4.98 Å². The van der Waals surface area contributed by atoms with Crippen molar-refractivity contribution in [3.05, 3.63) is 51.9 Å². The van der Waals surface area contributed by atoms with Gasteiger partial charge in [0.05, 0.1) is 22.0 Å². The fourth-order valence-corrected chi connectivity index (χ4v) is 3.37. The van der Waals surface area contributed by atoms with Gasteiger partial charge in [-0.05, 0) is 46.4 Å². The quantitative estimate of drug-likeness (QED) is 0.691. The molecular weight excluding hydrogens is 352 g/mol. The number of hydrogen-bond donors (Lipinski definition) is 1. The zero-order chi connectivity index (χ0) is 20.6. The molecule has 3 aromatic rings. The molecule has 28 heavy (non-hydrogen) atoms. The second-order valence-corrected chi connectivity index (χ2v) is 7.90. The Labute approximate surface area is 165 Å². The van der Waals surface area contributed by atoms with E-state index in [1.165, 1.54) is 4.57 Å². The van der Waals surface area contributed by atoms with E-state index in [4.69, 9.17) is 4.98 Å². The van der Waals surface area contributed by atoms with Gasteiger partial charge in [-0.3, -0.25) is 9.59 Å². The Morgan fingerprint density at radius 1 is 1.25 bits per heavy atom. The molecule has 1 N–H and O–H groups in total. The summed E-state index contributed by atoms with van der Waals surface area (Å²) < 4.78 is 1.45. The molecule has 2 heterocycles. The summed E-state index contributed by atoms with van der Waals surface area (Å²) in [7, 11) is 3.69. The minimum atomic E-state index is -0.217. The first-order valence-corrected chi connectivity index (χ1v) is 9.60. The summed E-state index contributed by atoms with van der Waals surface area (Å²) >= 11 is 0. The van der Waals surface area contributed by atoms with Crippen LogP contribution in [0.4, 0.5) is 0 Å². The number of pyridine rings is 2. The molecule has 148 valence electrons.